The second-order valence-corrected chi connectivity index (χ2v) is 11.0. The predicted molar refractivity (Wildman–Crippen MR) is 144 cm³/mol. The van der Waals surface area contributed by atoms with E-state index in [1.807, 2.05) is 31.2 Å². The van der Waals surface area contributed by atoms with Crippen LogP contribution < -0.4 is 0 Å². The maximum absolute atomic E-state index is 10.8. The van der Waals surface area contributed by atoms with Crippen LogP contribution in [0.1, 0.15) is 104 Å². The summed E-state index contributed by atoms with van der Waals surface area (Å²) in [5.74, 6) is 3.09. The maximum Gasteiger partial charge on any atom is 0.127 e. The van der Waals surface area contributed by atoms with Gasteiger partial charge in [0.15, 0.2) is 0 Å². The number of phenolic OH excluding ortho intramolecular Hbond substituents is 2. The summed E-state index contributed by atoms with van der Waals surface area (Å²) >= 11 is 0. The van der Waals surface area contributed by atoms with Crippen molar-refractivity contribution in [3.63, 3.8) is 0 Å². The van der Waals surface area contributed by atoms with E-state index in [0.717, 1.165) is 46.1 Å². The molecule has 184 valence electrons. The first-order chi connectivity index (χ1) is 15.7. The zero-order valence-electron chi connectivity index (χ0n) is 22.1. The van der Waals surface area contributed by atoms with Crippen molar-refractivity contribution in [1.29, 1.82) is 0 Å². The molecule has 0 saturated heterocycles. The average molecular weight is 453 g/mol. The van der Waals surface area contributed by atoms with Crippen LogP contribution in [0.3, 0.4) is 0 Å². The van der Waals surface area contributed by atoms with Gasteiger partial charge in [0.25, 0.3) is 0 Å². The summed E-state index contributed by atoms with van der Waals surface area (Å²) < 4.78 is 0. The van der Waals surface area contributed by atoms with Crippen molar-refractivity contribution >= 4 is 10.8 Å². The van der Waals surface area contributed by atoms with Crippen LogP contribution in [0.4, 0.5) is 0 Å². The standard InChI is InChI=1S/C31H48O2/c1-22(2)12-9-13-23(3)14-10-15-24(4)16-11-17-25(5)20-21-27-26(6)30(32)28-18-7-8-19-29(28)31(27)33/h7-8,18-20,22-24,32-33H,9-17,21H2,1-6H3/b25-20+. The molecule has 0 radical (unpaired) electrons. The third-order valence-corrected chi connectivity index (χ3v) is 7.33. The van der Waals surface area contributed by atoms with E-state index in [0.29, 0.717) is 12.2 Å². The molecule has 0 spiro atoms. The topological polar surface area (TPSA) is 40.5 Å². The summed E-state index contributed by atoms with van der Waals surface area (Å²) in [6, 6.07) is 7.52. The van der Waals surface area contributed by atoms with E-state index in [1.54, 1.807) is 0 Å². The van der Waals surface area contributed by atoms with Crippen molar-refractivity contribution in [2.75, 3.05) is 0 Å². The molecule has 0 aliphatic rings. The lowest BCUT2D eigenvalue weighted by atomic mass is 9.91. The highest BCUT2D eigenvalue weighted by atomic mass is 16.3. The molecule has 0 heterocycles. The van der Waals surface area contributed by atoms with Gasteiger partial charge < -0.3 is 10.2 Å². The normalized spacial score (nSPS) is 14.2. The van der Waals surface area contributed by atoms with Crippen LogP contribution in [0, 0.1) is 24.7 Å². The van der Waals surface area contributed by atoms with Crippen LogP contribution in [0.2, 0.25) is 0 Å². The van der Waals surface area contributed by atoms with E-state index in [-0.39, 0.29) is 5.75 Å². The summed E-state index contributed by atoms with van der Waals surface area (Å²) in [7, 11) is 0. The summed E-state index contributed by atoms with van der Waals surface area (Å²) in [5.41, 5.74) is 2.98. The van der Waals surface area contributed by atoms with Crippen LogP contribution in [0.15, 0.2) is 35.9 Å². The Morgan fingerprint density at radius 2 is 1.30 bits per heavy atom. The Balaban J connectivity index is 1.75. The minimum atomic E-state index is 0.285. The van der Waals surface area contributed by atoms with Gasteiger partial charge in [-0.2, -0.15) is 0 Å². The van der Waals surface area contributed by atoms with Gasteiger partial charge in [-0.3, -0.25) is 0 Å². The first kappa shape index (κ1) is 27.3. The van der Waals surface area contributed by atoms with Crippen molar-refractivity contribution in [3.05, 3.63) is 47.0 Å². The smallest absolute Gasteiger partial charge is 0.127 e. The number of benzene rings is 2. The average Bonchev–Trinajstić information content (AvgIpc) is 2.77. The number of hydrogen-bond donors (Lipinski definition) is 2. The minimum Gasteiger partial charge on any atom is -0.507 e. The summed E-state index contributed by atoms with van der Waals surface area (Å²) in [6.45, 7) is 13.6. The van der Waals surface area contributed by atoms with Crippen LogP contribution in [-0.4, -0.2) is 10.2 Å². The SMILES string of the molecule is C/C(=C\Cc1c(C)c(O)c2ccccc2c1O)CCCC(C)CCCC(C)CCCC(C)C. The molecule has 0 fully saturated rings. The molecule has 0 aromatic heterocycles. The number of hydrogen-bond acceptors (Lipinski definition) is 2. The quantitative estimate of drug-likeness (QED) is 0.221. The van der Waals surface area contributed by atoms with Gasteiger partial charge in [0.05, 0.1) is 0 Å². The monoisotopic (exact) mass is 452 g/mol. The molecule has 0 amide bonds. The molecule has 0 saturated carbocycles. The molecule has 0 aliphatic carbocycles. The molecule has 2 atom stereocenters. The highest BCUT2D eigenvalue weighted by Crippen LogP contribution is 2.39. The number of phenols is 2. The molecular weight excluding hydrogens is 404 g/mol. The molecule has 2 aromatic carbocycles. The van der Waals surface area contributed by atoms with Crippen molar-refractivity contribution in [3.8, 4) is 11.5 Å². The molecule has 0 aliphatic heterocycles. The van der Waals surface area contributed by atoms with Crippen molar-refractivity contribution in [2.24, 2.45) is 17.8 Å². The van der Waals surface area contributed by atoms with Crippen LogP contribution in [0.5, 0.6) is 11.5 Å². The fourth-order valence-electron chi connectivity index (χ4n) is 4.92. The fourth-order valence-corrected chi connectivity index (χ4v) is 4.92. The molecule has 2 aromatic rings. The van der Waals surface area contributed by atoms with Gasteiger partial charge in [-0.1, -0.05) is 109 Å². The second-order valence-electron chi connectivity index (χ2n) is 11.0. The van der Waals surface area contributed by atoms with Crippen LogP contribution >= 0.6 is 0 Å². The third kappa shape index (κ3) is 8.72. The van der Waals surface area contributed by atoms with E-state index in [9.17, 15) is 10.2 Å². The number of aromatic hydroxyl groups is 2. The lowest BCUT2D eigenvalue weighted by Gasteiger charge is -2.15. The first-order valence-electron chi connectivity index (χ1n) is 13.3. The summed E-state index contributed by atoms with van der Waals surface area (Å²) in [4.78, 5) is 0. The van der Waals surface area contributed by atoms with E-state index in [1.165, 1.54) is 56.9 Å². The van der Waals surface area contributed by atoms with E-state index >= 15 is 0 Å². The Labute approximate surface area is 203 Å². The largest absolute Gasteiger partial charge is 0.507 e. The molecule has 2 N–H and O–H groups in total. The van der Waals surface area contributed by atoms with Crippen LogP contribution in [0.25, 0.3) is 10.8 Å². The van der Waals surface area contributed by atoms with Gasteiger partial charge >= 0.3 is 0 Å². The van der Waals surface area contributed by atoms with Gasteiger partial charge in [-0.25, -0.2) is 0 Å². The number of rotatable bonds is 14. The third-order valence-electron chi connectivity index (χ3n) is 7.33. The van der Waals surface area contributed by atoms with Gasteiger partial charge in [-0.15, -0.1) is 0 Å². The Kier molecular flexibility index (Phi) is 11.3. The Morgan fingerprint density at radius 1 is 0.788 bits per heavy atom. The fraction of sp³-hybridized carbons (Fsp3) is 0.613. The second kappa shape index (κ2) is 13.7. The van der Waals surface area contributed by atoms with Gasteiger partial charge in [0.2, 0.25) is 0 Å². The molecular formula is C31H48O2. The minimum absolute atomic E-state index is 0.285. The molecule has 2 heteroatoms. The van der Waals surface area contributed by atoms with Crippen LogP contribution in [-0.2, 0) is 6.42 Å². The van der Waals surface area contributed by atoms with E-state index < -0.39 is 0 Å². The number of fused-ring (bicyclic) bond motifs is 1. The van der Waals surface area contributed by atoms with E-state index in [2.05, 4.69) is 40.7 Å². The number of allylic oxidation sites excluding steroid dienone is 2. The van der Waals surface area contributed by atoms with Gasteiger partial charge in [-0.05, 0) is 56.4 Å². The summed E-state index contributed by atoms with van der Waals surface area (Å²) in [6.07, 6.45) is 14.7. The van der Waals surface area contributed by atoms with E-state index in [4.69, 9.17) is 0 Å². The Hall–Kier alpha value is -1.96. The van der Waals surface area contributed by atoms with Gasteiger partial charge in [0, 0.05) is 16.3 Å². The molecule has 2 rings (SSSR count). The van der Waals surface area contributed by atoms with Crippen molar-refractivity contribution < 1.29 is 10.2 Å². The molecule has 0 bridgehead atoms. The zero-order valence-corrected chi connectivity index (χ0v) is 22.1. The Morgan fingerprint density at radius 3 is 1.88 bits per heavy atom. The Bertz CT molecular complexity index is 893. The zero-order chi connectivity index (χ0) is 24.4. The molecule has 2 unspecified atom stereocenters. The summed E-state index contributed by atoms with van der Waals surface area (Å²) in [5, 5.41) is 22.8. The molecule has 2 nitrogen and oxygen atoms in total. The highest BCUT2D eigenvalue weighted by molar-refractivity contribution is 5.95. The maximum atomic E-state index is 10.8. The molecule has 33 heavy (non-hydrogen) atoms. The highest BCUT2D eigenvalue weighted by Gasteiger charge is 2.15. The lowest BCUT2D eigenvalue weighted by molar-refractivity contribution is 0.389. The first-order valence-corrected chi connectivity index (χ1v) is 13.3. The lowest BCUT2D eigenvalue weighted by Crippen LogP contribution is -2.00. The van der Waals surface area contributed by atoms with Crippen molar-refractivity contribution in [2.45, 2.75) is 106 Å². The van der Waals surface area contributed by atoms with Gasteiger partial charge in [0.1, 0.15) is 11.5 Å². The van der Waals surface area contributed by atoms with Crippen molar-refractivity contribution in [1.82, 2.24) is 0 Å². The predicted octanol–water partition coefficient (Wildman–Crippen LogP) is 9.49.